The predicted octanol–water partition coefficient (Wildman–Crippen LogP) is 3.34. The maximum atomic E-state index is 12.3. The molecule has 116 valence electrons. The molecule has 0 amide bonds. The largest absolute Gasteiger partial charge is 0.461 e. The second kappa shape index (κ2) is 5.54. The van der Waals surface area contributed by atoms with E-state index in [1.54, 1.807) is 0 Å². The van der Waals surface area contributed by atoms with Crippen LogP contribution >= 0.6 is 0 Å². The number of ether oxygens (including phenoxy) is 1. The molecule has 0 saturated carbocycles. The molecular weight excluding hydrogens is 288 g/mol. The first-order chi connectivity index (χ1) is 11.3. The summed E-state index contributed by atoms with van der Waals surface area (Å²) in [5, 5.41) is 6.61. The van der Waals surface area contributed by atoms with Crippen molar-refractivity contribution in [2.24, 2.45) is 11.0 Å². The number of rotatable bonds is 3. The van der Waals surface area contributed by atoms with Crippen molar-refractivity contribution in [3.63, 3.8) is 0 Å². The van der Waals surface area contributed by atoms with E-state index in [9.17, 15) is 4.79 Å². The van der Waals surface area contributed by atoms with E-state index < -0.39 is 0 Å². The smallest absolute Gasteiger partial charge is 0.354 e. The maximum Gasteiger partial charge on any atom is 0.354 e. The van der Waals surface area contributed by atoms with Gasteiger partial charge < -0.3 is 4.74 Å². The molecule has 2 aliphatic rings. The molecule has 2 unspecified atom stereocenters. The summed E-state index contributed by atoms with van der Waals surface area (Å²) >= 11 is 0. The van der Waals surface area contributed by atoms with Crippen molar-refractivity contribution in [2.75, 3.05) is 11.6 Å². The number of para-hydroxylation sites is 1. The first kappa shape index (κ1) is 14.0. The molecule has 0 radical (unpaired) electrons. The quantitative estimate of drug-likeness (QED) is 0.817. The topological polar surface area (TPSA) is 41.9 Å². The molecule has 0 N–H and O–H groups in total. The molecule has 0 saturated heterocycles. The number of anilines is 1. The van der Waals surface area contributed by atoms with E-state index in [1.807, 2.05) is 54.4 Å². The van der Waals surface area contributed by atoms with E-state index in [2.05, 4.69) is 17.2 Å². The highest BCUT2D eigenvalue weighted by Gasteiger charge is 2.47. The standard InChI is InChI=1S/C19H18N2O2/c1-2-23-19(22)17-16-12-13-8-6-7-11-15(13)18(16)21(20-17)14-9-4-3-5-10-14/h3-11,16,18H,2,12H2,1H3. The number of carbonyl (C=O) groups excluding carboxylic acids is 1. The Morgan fingerprint density at radius 3 is 2.70 bits per heavy atom. The Labute approximate surface area is 135 Å². The van der Waals surface area contributed by atoms with Crippen LogP contribution in [0.4, 0.5) is 5.69 Å². The van der Waals surface area contributed by atoms with Gasteiger partial charge in [-0.15, -0.1) is 0 Å². The van der Waals surface area contributed by atoms with Crippen molar-refractivity contribution in [1.29, 1.82) is 0 Å². The zero-order valence-electron chi connectivity index (χ0n) is 13.0. The molecule has 4 heteroatoms. The number of hydrogen-bond acceptors (Lipinski definition) is 4. The lowest BCUT2D eigenvalue weighted by atomic mass is 9.96. The van der Waals surface area contributed by atoms with E-state index in [4.69, 9.17) is 4.74 Å². The van der Waals surface area contributed by atoms with Gasteiger partial charge in [0.15, 0.2) is 5.71 Å². The number of esters is 1. The van der Waals surface area contributed by atoms with Crippen molar-refractivity contribution < 1.29 is 9.53 Å². The molecule has 1 heterocycles. The normalized spacial score (nSPS) is 21.6. The highest BCUT2D eigenvalue weighted by molar-refractivity contribution is 6.38. The zero-order valence-corrected chi connectivity index (χ0v) is 13.0. The average Bonchev–Trinajstić information content (AvgIpc) is 3.13. The summed E-state index contributed by atoms with van der Waals surface area (Å²) in [6, 6.07) is 18.5. The molecule has 0 bridgehead atoms. The fourth-order valence-electron chi connectivity index (χ4n) is 3.57. The van der Waals surface area contributed by atoms with Crippen LogP contribution in [-0.4, -0.2) is 18.3 Å². The molecule has 2 atom stereocenters. The van der Waals surface area contributed by atoms with Crippen molar-refractivity contribution in [3.8, 4) is 0 Å². The van der Waals surface area contributed by atoms with E-state index in [0.29, 0.717) is 12.3 Å². The lowest BCUT2D eigenvalue weighted by molar-refractivity contribution is -0.135. The van der Waals surface area contributed by atoms with Crippen LogP contribution in [-0.2, 0) is 16.0 Å². The molecular formula is C19H18N2O2. The van der Waals surface area contributed by atoms with Crippen LogP contribution in [0, 0.1) is 5.92 Å². The van der Waals surface area contributed by atoms with Crippen LogP contribution < -0.4 is 5.01 Å². The minimum Gasteiger partial charge on any atom is -0.461 e. The first-order valence-corrected chi connectivity index (χ1v) is 7.97. The van der Waals surface area contributed by atoms with Crippen molar-refractivity contribution in [2.45, 2.75) is 19.4 Å². The maximum absolute atomic E-state index is 12.3. The molecule has 1 aliphatic heterocycles. The van der Waals surface area contributed by atoms with Gasteiger partial charge in [0, 0.05) is 5.92 Å². The van der Waals surface area contributed by atoms with Crippen LogP contribution in [0.15, 0.2) is 59.7 Å². The molecule has 4 nitrogen and oxygen atoms in total. The minimum absolute atomic E-state index is 0.0617. The minimum atomic E-state index is -0.297. The lowest BCUT2D eigenvalue weighted by Gasteiger charge is -2.24. The van der Waals surface area contributed by atoms with Gasteiger partial charge in [0.2, 0.25) is 0 Å². The molecule has 0 fully saturated rings. The summed E-state index contributed by atoms with van der Waals surface area (Å²) in [4.78, 5) is 12.3. The lowest BCUT2D eigenvalue weighted by Crippen LogP contribution is -2.26. The van der Waals surface area contributed by atoms with Crippen molar-refractivity contribution >= 4 is 17.4 Å². The Morgan fingerprint density at radius 2 is 1.91 bits per heavy atom. The third kappa shape index (κ3) is 2.22. The first-order valence-electron chi connectivity index (χ1n) is 7.97. The summed E-state index contributed by atoms with van der Waals surface area (Å²) in [6.45, 7) is 2.19. The van der Waals surface area contributed by atoms with E-state index in [-0.39, 0.29) is 17.9 Å². The van der Waals surface area contributed by atoms with Gasteiger partial charge in [-0.3, -0.25) is 5.01 Å². The Morgan fingerprint density at radius 1 is 1.17 bits per heavy atom. The van der Waals surface area contributed by atoms with E-state index in [1.165, 1.54) is 11.1 Å². The highest BCUT2D eigenvalue weighted by atomic mass is 16.5. The average molecular weight is 306 g/mol. The predicted molar refractivity (Wildman–Crippen MR) is 89.4 cm³/mol. The zero-order chi connectivity index (χ0) is 15.8. The molecule has 2 aromatic carbocycles. The number of nitrogens with zero attached hydrogens (tertiary/aromatic N) is 2. The highest BCUT2D eigenvalue weighted by Crippen LogP contribution is 2.46. The van der Waals surface area contributed by atoms with Gasteiger partial charge in [-0.1, -0.05) is 42.5 Å². The molecule has 1 aliphatic carbocycles. The van der Waals surface area contributed by atoms with Crippen molar-refractivity contribution in [1.82, 2.24) is 0 Å². The van der Waals surface area contributed by atoms with Crippen LogP contribution in [0.1, 0.15) is 24.1 Å². The van der Waals surface area contributed by atoms with Crippen LogP contribution in [0.3, 0.4) is 0 Å². The molecule has 23 heavy (non-hydrogen) atoms. The van der Waals surface area contributed by atoms with Gasteiger partial charge in [0.1, 0.15) is 0 Å². The van der Waals surface area contributed by atoms with Gasteiger partial charge in [0.05, 0.1) is 18.3 Å². The van der Waals surface area contributed by atoms with Gasteiger partial charge in [-0.25, -0.2) is 4.79 Å². The van der Waals surface area contributed by atoms with Gasteiger partial charge in [0.25, 0.3) is 0 Å². The van der Waals surface area contributed by atoms with E-state index in [0.717, 1.165) is 12.1 Å². The third-order valence-corrected chi connectivity index (χ3v) is 4.53. The summed E-state index contributed by atoms with van der Waals surface area (Å²) in [7, 11) is 0. The Hall–Kier alpha value is -2.62. The molecule has 4 rings (SSSR count). The van der Waals surface area contributed by atoms with E-state index >= 15 is 0 Å². The third-order valence-electron chi connectivity index (χ3n) is 4.53. The summed E-state index contributed by atoms with van der Waals surface area (Å²) in [5.74, 6) is -0.236. The number of hydrazone groups is 1. The van der Waals surface area contributed by atoms with Gasteiger partial charge in [-0.05, 0) is 36.6 Å². The molecule has 0 spiro atoms. The summed E-state index contributed by atoms with van der Waals surface area (Å²) < 4.78 is 5.22. The summed E-state index contributed by atoms with van der Waals surface area (Å²) in [5.41, 5.74) is 4.08. The van der Waals surface area contributed by atoms with Crippen LogP contribution in [0.25, 0.3) is 0 Å². The second-order valence-corrected chi connectivity index (χ2v) is 5.84. The SMILES string of the molecule is CCOC(=O)C1=NN(c2ccccc2)C2c3ccccc3CC12. The second-order valence-electron chi connectivity index (χ2n) is 5.84. The Bertz CT molecular complexity index is 770. The fourth-order valence-corrected chi connectivity index (χ4v) is 3.57. The summed E-state index contributed by atoms with van der Waals surface area (Å²) in [6.07, 6.45) is 0.835. The Balaban J connectivity index is 1.79. The van der Waals surface area contributed by atoms with Crippen molar-refractivity contribution in [3.05, 3.63) is 65.7 Å². The number of carbonyl (C=O) groups is 1. The van der Waals surface area contributed by atoms with Gasteiger partial charge in [-0.2, -0.15) is 5.10 Å². The monoisotopic (exact) mass is 306 g/mol. The number of fused-ring (bicyclic) bond motifs is 3. The molecule has 0 aromatic heterocycles. The van der Waals surface area contributed by atoms with Gasteiger partial charge >= 0.3 is 5.97 Å². The van der Waals surface area contributed by atoms with Crippen LogP contribution in [0.2, 0.25) is 0 Å². The number of hydrogen-bond donors (Lipinski definition) is 0. The van der Waals surface area contributed by atoms with Crippen LogP contribution in [0.5, 0.6) is 0 Å². The molecule has 2 aromatic rings. The Kier molecular flexibility index (Phi) is 3.37. The fraction of sp³-hybridized carbons (Fsp3) is 0.263. The number of benzene rings is 2.